The minimum atomic E-state index is -4.14. The lowest BCUT2D eigenvalue weighted by atomic mass is 10.2. The van der Waals surface area contributed by atoms with E-state index >= 15 is 0 Å². The number of nitrogen functional groups attached to an aromatic ring is 1. The molecule has 0 aliphatic rings. The van der Waals surface area contributed by atoms with Gasteiger partial charge in [-0.2, -0.15) is 0 Å². The van der Waals surface area contributed by atoms with Gasteiger partial charge in [0, 0.05) is 5.69 Å². The van der Waals surface area contributed by atoms with E-state index in [0.717, 1.165) is 0 Å². The number of para-hydroxylation sites is 3. The molecule has 0 saturated heterocycles. The number of ether oxygens (including phenoxy) is 2. The number of benzene rings is 4. The van der Waals surface area contributed by atoms with Gasteiger partial charge in [-0.1, -0.05) is 66.7 Å². The van der Waals surface area contributed by atoms with Gasteiger partial charge < -0.3 is 29.6 Å². The molecule has 8 nitrogen and oxygen atoms in total. The first-order valence-corrected chi connectivity index (χ1v) is 13.2. The van der Waals surface area contributed by atoms with Crippen molar-refractivity contribution in [2.24, 2.45) is 0 Å². The number of anilines is 1. The predicted molar refractivity (Wildman–Crippen MR) is 142 cm³/mol. The van der Waals surface area contributed by atoms with Crippen LogP contribution in [0.1, 0.15) is 11.3 Å². The summed E-state index contributed by atoms with van der Waals surface area (Å²) in [5.74, 6) is 0.0709. The van der Waals surface area contributed by atoms with E-state index in [9.17, 15) is 9.36 Å². The highest BCUT2D eigenvalue weighted by Gasteiger charge is 2.42. The summed E-state index contributed by atoms with van der Waals surface area (Å²) in [6, 6.07) is 32.9. The Kier molecular flexibility index (Phi) is 8.68. The van der Waals surface area contributed by atoms with Gasteiger partial charge in [-0.3, -0.25) is 0 Å². The van der Waals surface area contributed by atoms with Crippen molar-refractivity contribution in [2.75, 3.05) is 18.9 Å². The summed E-state index contributed by atoms with van der Waals surface area (Å²) in [4.78, 5) is 12.8. The fourth-order valence-corrected chi connectivity index (χ4v) is 5.25. The lowest BCUT2D eigenvalue weighted by Crippen LogP contribution is -2.32. The van der Waals surface area contributed by atoms with E-state index in [4.69, 9.17) is 24.3 Å². The van der Waals surface area contributed by atoms with Gasteiger partial charge in [-0.05, 0) is 54.1 Å². The Morgan fingerprint density at radius 2 is 1.19 bits per heavy atom. The SMILES string of the molecule is Nc1ccc(C(NC(=O)OCCOc2ccccc2)P(=O)(Oc2ccccc2)Oc2ccccc2)cc1. The minimum absolute atomic E-state index is 0.0292. The van der Waals surface area contributed by atoms with E-state index in [0.29, 0.717) is 28.5 Å². The predicted octanol–water partition coefficient (Wildman–Crippen LogP) is 6.42. The second-order valence-corrected chi connectivity index (χ2v) is 9.82. The molecule has 4 rings (SSSR count). The molecule has 0 radical (unpaired) electrons. The van der Waals surface area contributed by atoms with Crippen molar-refractivity contribution in [2.45, 2.75) is 5.78 Å². The van der Waals surface area contributed by atoms with Crippen LogP contribution in [0.3, 0.4) is 0 Å². The highest BCUT2D eigenvalue weighted by Crippen LogP contribution is 2.59. The number of carbonyl (C=O) groups excluding carboxylic acids is 1. The Morgan fingerprint density at radius 3 is 1.70 bits per heavy atom. The molecule has 9 heteroatoms. The van der Waals surface area contributed by atoms with Crippen LogP contribution in [0.2, 0.25) is 0 Å². The first-order chi connectivity index (χ1) is 18.0. The second-order valence-electron chi connectivity index (χ2n) is 7.86. The van der Waals surface area contributed by atoms with E-state index in [-0.39, 0.29) is 13.2 Å². The molecule has 0 aromatic heterocycles. The van der Waals surface area contributed by atoms with Crippen molar-refractivity contribution in [3.05, 3.63) is 121 Å². The number of alkyl carbamates (subject to hydrolysis) is 1. The van der Waals surface area contributed by atoms with E-state index in [1.165, 1.54) is 0 Å². The van der Waals surface area contributed by atoms with Crippen LogP contribution in [-0.2, 0) is 9.30 Å². The normalized spacial score (nSPS) is 11.7. The molecule has 37 heavy (non-hydrogen) atoms. The molecule has 0 fully saturated rings. The smallest absolute Gasteiger partial charge is 0.457 e. The molecule has 1 unspecified atom stereocenters. The maximum Gasteiger partial charge on any atom is 0.457 e. The Balaban J connectivity index is 1.56. The standard InChI is InChI=1S/C28H27N2O6P/c29-23-18-16-22(17-19-23)27(30-28(31)34-21-20-33-24-10-4-1-5-11-24)37(32,35-25-12-6-2-7-13-25)36-26-14-8-3-9-15-26/h1-19,27H,20-21,29H2,(H,30,31). The summed E-state index contributed by atoms with van der Waals surface area (Å²) < 4.78 is 37.2. The third-order valence-corrected chi connectivity index (χ3v) is 7.09. The van der Waals surface area contributed by atoms with Crippen molar-refractivity contribution in [1.82, 2.24) is 5.32 Å². The van der Waals surface area contributed by atoms with Crippen LogP contribution in [0.4, 0.5) is 10.5 Å². The quantitative estimate of drug-likeness (QED) is 0.134. The Morgan fingerprint density at radius 1 is 0.703 bits per heavy atom. The number of carbonyl (C=O) groups is 1. The molecular formula is C28H27N2O6P. The monoisotopic (exact) mass is 518 g/mol. The summed E-state index contributed by atoms with van der Waals surface area (Å²) in [7, 11) is -4.14. The van der Waals surface area contributed by atoms with Gasteiger partial charge in [0.05, 0.1) is 0 Å². The maximum absolute atomic E-state index is 14.4. The van der Waals surface area contributed by atoms with Crippen LogP contribution in [0.5, 0.6) is 17.2 Å². The summed E-state index contributed by atoms with van der Waals surface area (Å²) in [5.41, 5.74) is 6.82. The molecule has 1 atom stereocenters. The van der Waals surface area contributed by atoms with Crippen LogP contribution in [0.15, 0.2) is 115 Å². The van der Waals surface area contributed by atoms with E-state index < -0.39 is 19.5 Å². The maximum atomic E-state index is 14.4. The molecule has 4 aromatic carbocycles. The second kappa shape index (κ2) is 12.5. The van der Waals surface area contributed by atoms with Crippen LogP contribution in [0.25, 0.3) is 0 Å². The highest BCUT2D eigenvalue weighted by atomic mass is 31.2. The number of nitrogens with two attached hydrogens (primary N) is 1. The molecule has 0 spiro atoms. The van der Waals surface area contributed by atoms with Gasteiger partial charge in [0.1, 0.15) is 30.5 Å². The van der Waals surface area contributed by atoms with Gasteiger partial charge in [0.2, 0.25) is 0 Å². The third kappa shape index (κ3) is 7.53. The molecule has 0 saturated carbocycles. The van der Waals surface area contributed by atoms with Gasteiger partial charge in [-0.15, -0.1) is 0 Å². The van der Waals surface area contributed by atoms with Crippen LogP contribution < -0.4 is 24.8 Å². The third-order valence-electron chi connectivity index (χ3n) is 5.10. The van der Waals surface area contributed by atoms with Crippen molar-refractivity contribution in [3.8, 4) is 17.2 Å². The summed E-state index contributed by atoms with van der Waals surface area (Å²) in [6.45, 7) is 0.112. The Bertz CT molecular complexity index is 1260. The van der Waals surface area contributed by atoms with Crippen LogP contribution >= 0.6 is 7.60 Å². The van der Waals surface area contributed by atoms with Crippen molar-refractivity contribution in [3.63, 3.8) is 0 Å². The highest BCUT2D eigenvalue weighted by molar-refractivity contribution is 7.55. The van der Waals surface area contributed by atoms with Crippen molar-refractivity contribution < 1.29 is 27.9 Å². The van der Waals surface area contributed by atoms with Crippen molar-refractivity contribution >= 4 is 19.4 Å². The molecule has 4 aromatic rings. The summed E-state index contributed by atoms with van der Waals surface area (Å²) in [6.07, 6.45) is -0.813. The summed E-state index contributed by atoms with van der Waals surface area (Å²) in [5, 5.41) is 2.66. The van der Waals surface area contributed by atoms with E-state index in [1.54, 1.807) is 97.1 Å². The molecular weight excluding hydrogens is 491 g/mol. The molecule has 0 bridgehead atoms. The number of nitrogens with one attached hydrogen (secondary N) is 1. The number of hydrogen-bond donors (Lipinski definition) is 2. The average molecular weight is 519 g/mol. The molecule has 190 valence electrons. The van der Waals surface area contributed by atoms with Gasteiger partial charge in [0.15, 0.2) is 5.78 Å². The molecule has 0 heterocycles. The number of amides is 1. The largest absolute Gasteiger partial charge is 0.490 e. The molecule has 0 aliphatic heterocycles. The van der Waals surface area contributed by atoms with E-state index in [1.807, 2.05) is 18.2 Å². The van der Waals surface area contributed by atoms with Crippen LogP contribution in [-0.4, -0.2) is 19.3 Å². The summed E-state index contributed by atoms with van der Waals surface area (Å²) >= 11 is 0. The van der Waals surface area contributed by atoms with Gasteiger partial charge >= 0.3 is 13.7 Å². The number of hydrogen-bond acceptors (Lipinski definition) is 7. The molecule has 1 amide bonds. The minimum Gasteiger partial charge on any atom is -0.490 e. The average Bonchev–Trinajstić information content (AvgIpc) is 2.92. The Hall–Kier alpha value is -4.42. The van der Waals surface area contributed by atoms with Crippen molar-refractivity contribution in [1.29, 1.82) is 0 Å². The fraction of sp³-hybridized carbons (Fsp3) is 0.107. The van der Waals surface area contributed by atoms with E-state index in [2.05, 4.69) is 5.32 Å². The lowest BCUT2D eigenvalue weighted by molar-refractivity contribution is 0.123. The number of rotatable bonds is 11. The van der Waals surface area contributed by atoms with Gasteiger partial charge in [-0.25, -0.2) is 9.36 Å². The van der Waals surface area contributed by atoms with Crippen LogP contribution in [0, 0.1) is 0 Å². The zero-order valence-electron chi connectivity index (χ0n) is 19.9. The first kappa shape index (κ1) is 25.7. The molecule has 3 N–H and O–H groups in total. The lowest BCUT2D eigenvalue weighted by Gasteiger charge is -2.28. The Labute approximate surface area is 215 Å². The molecule has 0 aliphatic carbocycles. The topological polar surface area (TPSA) is 109 Å². The zero-order chi connectivity index (χ0) is 25.9. The zero-order valence-corrected chi connectivity index (χ0v) is 20.8. The first-order valence-electron chi connectivity index (χ1n) is 11.6. The van der Waals surface area contributed by atoms with Gasteiger partial charge in [0.25, 0.3) is 0 Å². The fourth-order valence-electron chi connectivity index (χ4n) is 3.37.